The van der Waals surface area contributed by atoms with E-state index in [9.17, 15) is 9.18 Å². The zero-order valence-electron chi connectivity index (χ0n) is 16.8. The van der Waals surface area contributed by atoms with E-state index >= 15 is 0 Å². The summed E-state index contributed by atoms with van der Waals surface area (Å²) in [7, 11) is 1.77. The van der Waals surface area contributed by atoms with Gasteiger partial charge in [-0.2, -0.15) is 0 Å². The first-order chi connectivity index (χ1) is 15.1. The molecule has 0 bridgehead atoms. The number of halogens is 1. The molecule has 31 heavy (non-hydrogen) atoms. The molecule has 0 radical (unpaired) electrons. The van der Waals surface area contributed by atoms with Crippen LogP contribution in [-0.4, -0.2) is 47.0 Å². The van der Waals surface area contributed by atoms with Crippen molar-refractivity contribution in [3.05, 3.63) is 59.4 Å². The summed E-state index contributed by atoms with van der Waals surface area (Å²) >= 11 is 2.74. The summed E-state index contributed by atoms with van der Waals surface area (Å²) < 4.78 is 24.8. The summed E-state index contributed by atoms with van der Waals surface area (Å²) in [5, 5.41) is 12.0. The number of hydrogen-bond donors (Lipinski definition) is 1. The summed E-state index contributed by atoms with van der Waals surface area (Å²) in [6.07, 6.45) is 0. The Balaban J connectivity index is 1.24. The van der Waals surface area contributed by atoms with Gasteiger partial charge in [-0.05, 0) is 35.4 Å². The van der Waals surface area contributed by atoms with Gasteiger partial charge in [0.25, 0.3) is 0 Å². The fourth-order valence-corrected chi connectivity index (χ4v) is 4.59. The molecule has 0 unspecified atom stereocenters. The largest absolute Gasteiger partial charge is 0.486 e. The number of carbonyl (C=O) groups is 1. The van der Waals surface area contributed by atoms with Gasteiger partial charge in [0.05, 0.1) is 5.75 Å². The van der Waals surface area contributed by atoms with E-state index in [0.717, 1.165) is 16.9 Å². The SMILES string of the molecule is CN(Cc1ccc2c(c1)OCCO2)C(=O)CSc1nnc(NCc2ccc(F)cc2)s1. The predicted octanol–water partition coefficient (Wildman–Crippen LogP) is 3.81. The van der Waals surface area contributed by atoms with Crippen molar-refractivity contribution in [2.45, 2.75) is 17.4 Å². The van der Waals surface area contributed by atoms with Gasteiger partial charge < -0.3 is 19.7 Å². The molecule has 3 aromatic rings. The maximum Gasteiger partial charge on any atom is 0.233 e. The number of hydrogen-bond acceptors (Lipinski definition) is 8. The third kappa shape index (κ3) is 5.86. The van der Waals surface area contributed by atoms with Gasteiger partial charge in [-0.1, -0.05) is 41.3 Å². The standard InChI is InChI=1S/C21H21FN4O3S2/c1-26(12-15-4-7-17-18(10-15)29-9-8-28-17)19(27)13-30-21-25-24-20(31-21)23-11-14-2-5-16(22)6-3-14/h2-7,10H,8-9,11-13H2,1H3,(H,23,24). The number of benzene rings is 2. The predicted molar refractivity (Wildman–Crippen MR) is 118 cm³/mol. The second kappa shape index (κ2) is 9.97. The Kier molecular flexibility index (Phi) is 6.88. The molecule has 2 aromatic carbocycles. The van der Waals surface area contributed by atoms with Gasteiger partial charge in [-0.25, -0.2) is 4.39 Å². The molecule has 1 aromatic heterocycles. The van der Waals surface area contributed by atoms with Gasteiger partial charge in [-0.15, -0.1) is 10.2 Å². The van der Waals surface area contributed by atoms with Gasteiger partial charge in [0, 0.05) is 20.1 Å². The highest BCUT2D eigenvalue weighted by molar-refractivity contribution is 8.01. The average Bonchev–Trinajstić information content (AvgIpc) is 3.25. The number of amides is 1. The Morgan fingerprint density at radius 1 is 1.13 bits per heavy atom. The van der Waals surface area contributed by atoms with Crippen molar-refractivity contribution in [1.82, 2.24) is 15.1 Å². The topological polar surface area (TPSA) is 76.6 Å². The third-order valence-corrected chi connectivity index (χ3v) is 6.53. The van der Waals surface area contributed by atoms with Crippen molar-refractivity contribution in [3.63, 3.8) is 0 Å². The number of anilines is 1. The lowest BCUT2D eigenvalue weighted by Gasteiger charge is -2.21. The van der Waals surface area contributed by atoms with Crippen LogP contribution in [0.2, 0.25) is 0 Å². The molecule has 10 heteroatoms. The molecule has 0 fully saturated rings. The van der Waals surface area contributed by atoms with Crippen LogP contribution >= 0.6 is 23.1 Å². The molecule has 0 saturated heterocycles. The molecular formula is C21H21FN4O3S2. The smallest absolute Gasteiger partial charge is 0.233 e. The number of ether oxygens (including phenoxy) is 2. The third-order valence-electron chi connectivity index (χ3n) is 4.53. The van der Waals surface area contributed by atoms with Gasteiger partial charge in [0.2, 0.25) is 11.0 Å². The zero-order chi connectivity index (χ0) is 21.6. The number of nitrogens with one attached hydrogen (secondary N) is 1. The highest BCUT2D eigenvalue weighted by Gasteiger charge is 2.15. The molecule has 0 atom stereocenters. The molecule has 1 N–H and O–H groups in total. The van der Waals surface area contributed by atoms with Crippen LogP contribution < -0.4 is 14.8 Å². The maximum absolute atomic E-state index is 13.0. The van der Waals surface area contributed by atoms with E-state index in [-0.39, 0.29) is 17.5 Å². The first-order valence-corrected chi connectivity index (χ1v) is 11.4. The fraction of sp³-hybridized carbons (Fsp3) is 0.286. The molecule has 7 nitrogen and oxygen atoms in total. The van der Waals surface area contributed by atoms with Crippen molar-refractivity contribution in [2.24, 2.45) is 0 Å². The Morgan fingerprint density at radius 3 is 2.68 bits per heavy atom. The minimum absolute atomic E-state index is 0.00379. The van der Waals surface area contributed by atoms with Crippen LogP contribution in [0.25, 0.3) is 0 Å². The minimum atomic E-state index is -0.262. The number of rotatable bonds is 8. The van der Waals surface area contributed by atoms with E-state index in [2.05, 4.69) is 15.5 Å². The number of carbonyl (C=O) groups excluding carboxylic acids is 1. The fourth-order valence-electron chi connectivity index (χ4n) is 2.90. The summed E-state index contributed by atoms with van der Waals surface area (Å²) in [6.45, 7) is 2.09. The van der Waals surface area contributed by atoms with Crippen molar-refractivity contribution in [2.75, 3.05) is 31.3 Å². The number of nitrogens with zero attached hydrogens (tertiary/aromatic N) is 3. The van der Waals surface area contributed by atoms with Gasteiger partial charge in [0.1, 0.15) is 19.0 Å². The van der Waals surface area contributed by atoms with Crippen LogP contribution in [0.4, 0.5) is 9.52 Å². The van der Waals surface area contributed by atoms with Gasteiger partial charge in [-0.3, -0.25) is 4.79 Å². The van der Waals surface area contributed by atoms with Crippen LogP contribution in [0.1, 0.15) is 11.1 Å². The quantitative estimate of drug-likeness (QED) is 0.512. The number of aromatic nitrogens is 2. The van der Waals surface area contributed by atoms with E-state index in [1.54, 1.807) is 24.1 Å². The molecule has 0 spiro atoms. The highest BCUT2D eigenvalue weighted by Crippen LogP contribution is 2.31. The lowest BCUT2D eigenvalue weighted by Crippen LogP contribution is -2.27. The van der Waals surface area contributed by atoms with Crippen LogP contribution in [-0.2, 0) is 17.9 Å². The first kappa shape index (κ1) is 21.4. The monoisotopic (exact) mass is 460 g/mol. The Hall–Kier alpha value is -2.85. The lowest BCUT2D eigenvalue weighted by atomic mass is 10.2. The molecule has 1 aliphatic heterocycles. The Bertz CT molecular complexity index is 1050. The van der Waals surface area contributed by atoms with E-state index in [1.165, 1.54) is 35.2 Å². The average molecular weight is 461 g/mol. The molecular weight excluding hydrogens is 439 g/mol. The summed E-state index contributed by atoms with van der Waals surface area (Å²) in [4.78, 5) is 14.2. The zero-order valence-corrected chi connectivity index (χ0v) is 18.5. The summed E-state index contributed by atoms with van der Waals surface area (Å²) in [6, 6.07) is 12.0. The molecule has 0 aliphatic carbocycles. The molecule has 1 aliphatic rings. The van der Waals surface area contributed by atoms with E-state index in [4.69, 9.17) is 9.47 Å². The van der Waals surface area contributed by atoms with E-state index in [0.29, 0.717) is 41.5 Å². The van der Waals surface area contributed by atoms with Crippen LogP contribution in [0, 0.1) is 5.82 Å². The van der Waals surface area contributed by atoms with Crippen molar-refractivity contribution < 1.29 is 18.7 Å². The Morgan fingerprint density at radius 2 is 1.87 bits per heavy atom. The second-order valence-corrected chi connectivity index (χ2v) is 9.07. The first-order valence-electron chi connectivity index (χ1n) is 9.64. The van der Waals surface area contributed by atoms with Gasteiger partial charge >= 0.3 is 0 Å². The maximum atomic E-state index is 13.0. The van der Waals surface area contributed by atoms with Crippen molar-refractivity contribution in [1.29, 1.82) is 0 Å². The van der Waals surface area contributed by atoms with E-state index in [1.807, 2.05) is 18.2 Å². The summed E-state index contributed by atoms with van der Waals surface area (Å²) in [5.74, 6) is 1.46. The minimum Gasteiger partial charge on any atom is -0.486 e. The number of thioether (sulfide) groups is 1. The molecule has 1 amide bonds. The second-order valence-electron chi connectivity index (χ2n) is 6.87. The highest BCUT2D eigenvalue weighted by atomic mass is 32.2. The van der Waals surface area contributed by atoms with Crippen LogP contribution in [0.15, 0.2) is 46.8 Å². The molecule has 0 saturated carbocycles. The van der Waals surface area contributed by atoms with Crippen molar-refractivity contribution >= 4 is 34.1 Å². The van der Waals surface area contributed by atoms with Crippen LogP contribution in [0.5, 0.6) is 11.5 Å². The van der Waals surface area contributed by atoms with Gasteiger partial charge in [0.15, 0.2) is 15.8 Å². The normalized spacial score (nSPS) is 12.5. The lowest BCUT2D eigenvalue weighted by molar-refractivity contribution is -0.127. The Labute approximate surface area is 187 Å². The van der Waals surface area contributed by atoms with E-state index < -0.39 is 0 Å². The number of fused-ring (bicyclic) bond motifs is 1. The molecule has 4 rings (SSSR count). The molecule has 2 heterocycles. The van der Waals surface area contributed by atoms with Crippen molar-refractivity contribution in [3.8, 4) is 11.5 Å². The summed E-state index contributed by atoms with van der Waals surface area (Å²) in [5.41, 5.74) is 1.93. The molecule has 162 valence electrons. The van der Waals surface area contributed by atoms with Crippen LogP contribution in [0.3, 0.4) is 0 Å².